The van der Waals surface area contributed by atoms with Gasteiger partial charge in [-0.15, -0.1) is 0 Å². The van der Waals surface area contributed by atoms with Crippen LogP contribution in [0.2, 0.25) is 0 Å². The predicted octanol–water partition coefficient (Wildman–Crippen LogP) is 0.946. The van der Waals surface area contributed by atoms with Gasteiger partial charge in [0, 0.05) is 18.7 Å². The summed E-state index contributed by atoms with van der Waals surface area (Å²) in [6, 6.07) is 8.25. The molecule has 0 heterocycles. The van der Waals surface area contributed by atoms with Crippen molar-refractivity contribution < 1.29 is 14.7 Å². The molecule has 6 nitrogen and oxygen atoms in total. The summed E-state index contributed by atoms with van der Waals surface area (Å²) < 4.78 is 0. The van der Waals surface area contributed by atoms with Gasteiger partial charge < -0.3 is 15.7 Å². The van der Waals surface area contributed by atoms with Crippen molar-refractivity contribution in [1.82, 2.24) is 10.6 Å². The van der Waals surface area contributed by atoms with Gasteiger partial charge in [-0.1, -0.05) is 0 Å². The van der Waals surface area contributed by atoms with Crippen LogP contribution >= 0.6 is 0 Å². The molecule has 0 spiro atoms. The van der Waals surface area contributed by atoms with Crippen LogP contribution in [0.5, 0.6) is 0 Å². The third-order valence-electron chi connectivity index (χ3n) is 2.19. The van der Waals surface area contributed by atoms with Crippen molar-refractivity contribution in [3.05, 3.63) is 35.4 Å². The zero-order valence-corrected chi connectivity index (χ0v) is 9.64. The number of hydrogen-bond donors (Lipinski definition) is 3. The Kier molecular flexibility index (Phi) is 5.19. The second-order valence-electron chi connectivity index (χ2n) is 3.53. The van der Waals surface area contributed by atoms with Crippen molar-refractivity contribution in [3.8, 4) is 6.07 Å². The molecule has 0 radical (unpaired) electrons. The molecule has 18 heavy (non-hydrogen) atoms. The van der Waals surface area contributed by atoms with Crippen LogP contribution in [-0.2, 0) is 0 Å². The summed E-state index contributed by atoms with van der Waals surface area (Å²) in [5, 5.41) is 21.8. The number of benzene rings is 1. The predicted molar refractivity (Wildman–Crippen MR) is 64.1 cm³/mol. The van der Waals surface area contributed by atoms with Crippen LogP contribution in [0.15, 0.2) is 24.3 Å². The van der Waals surface area contributed by atoms with Gasteiger partial charge in [-0.2, -0.15) is 5.26 Å². The van der Waals surface area contributed by atoms with Crippen molar-refractivity contribution in [2.45, 2.75) is 6.42 Å². The smallest absolute Gasteiger partial charge is 0.404 e. The number of nitrogens with zero attached hydrogens (tertiary/aromatic N) is 1. The highest BCUT2D eigenvalue weighted by atomic mass is 16.4. The normalized spacial score (nSPS) is 9.28. The summed E-state index contributed by atoms with van der Waals surface area (Å²) in [6.07, 6.45) is -0.553. The zero-order chi connectivity index (χ0) is 13.4. The quantitative estimate of drug-likeness (QED) is 0.674. The molecule has 0 aromatic heterocycles. The van der Waals surface area contributed by atoms with Gasteiger partial charge in [-0.25, -0.2) is 4.79 Å². The van der Waals surface area contributed by atoms with E-state index < -0.39 is 6.09 Å². The van der Waals surface area contributed by atoms with Crippen LogP contribution in [0, 0.1) is 11.3 Å². The summed E-state index contributed by atoms with van der Waals surface area (Å²) in [5.41, 5.74) is 0.970. The molecule has 3 N–H and O–H groups in total. The van der Waals surface area contributed by atoms with E-state index in [9.17, 15) is 9.59 Å². The largest absolute Gasteiger partial charge is 0.465 e. The Morgan fingerprint density at radius 2 is 1.78 bits per heavy atom. The fourth-order valence-electron chi connectivity index (χ4n) is 1.28. The Balaban J connectivity index is 2.32. The number of rotatable bonds is 5. The molecule has 0 saturated carbocycles. The first-order valence-electron chi connectivity index (χ1n) is 5.38. The number of hydrogen-bond acceptors (Lipinski definition) is 3. The summed E-state index contributed by atoms with van der Waals surface area (Å²) in [6.45, 7) is 0.683. The van der Waals surface area contributed by atoms with Gasteiger partial charge in [0.2, 0.25) is 0 Å². The molecule has 6 heteroatoms. The van der Waals surface area contributed by atoms with E-state index in [2.05, 4.69) is 10.6 Å². The van der Waals surface area contributed by atoms with Crippen LogP contribution < -0.4 is 10.6 Å². The maximum absolute atomic E-state index is 11.6. The zero-order valence-electron chi connectivity index (χ0n) is 9.64. The number of nitrogens with one attached hydrogen (secondary N) is 2. The Bertz CT molecular complexity index is 462. The molecule has 2 amide bonds. The number of carbonyl (C=O) groups is 2. The van der Waals surface area contributed by atoms with Gasteiger partial charge in [0.15, 0.2) is 0 Å². The third kappa shape index (κ3) is 4.53. The number of nitriles is 1. The highest BCUT2D eigenvalue weighted by molar-refractivity contribution is 5.94. The second-order valence-corrected chi connectivity index (χ2v) is 3.53. The molecule has 0 aliphatic rings. The summed E-state index contributed by atoms with van der Waals surface area (Å²) in [5.74, 6) is -0.241. The van der Waals surface area contributed by atoms with Gasteiger partial charge in [-0.3, -0.25) is 4.79 Å². The minimum absolute atomic E-state index is 0.241. The lowest BCUT2D eigenvalue weighted by Gasteiger charge is -2.05. The SMILES string of the molecule is N#Cc1ccc(C(=O)NCCCNC(=O)O)cc1. The van der Waals surface area contributed by atoms with E-state index in [1.807, 2.05) is 6.07 Å². The van der Waals surface area contributed by atoms with Gasteiger partial charge in [0.05, 0.1) is 11.6 Å². The van der Waals surface area contributed by atoms with Crippen LogP contribution in [0.3, 0.4) is 0 Å². The van der Waals surface area contributed by atoms with Crippen molar-refractivity contribution in [2.75, 3.05) is 13.1 Å². The van der Waals surface area contributed by atoms with Crippen LogP contribution in [0.25, 0.3) is 0 Å². The summed E-state index contributed by atoms with van der Waals surface area (Å²) in [7, 11) is 0. The van der Waals surface area contributed by atoms with E-state index in [0.717, 1.165) is 0 Å². The first-order valence-corrected chi connectivity index (χ1v) is 5.38. The van der Waals surface area contributed by atoms with Crippen molar-refractivity contribution in [3.63, 3.8) is 0 Å². The Morgan fingerprint density at radius 1 is 1.17 bits per heavy atom. The van der Waals surface area contributed by atoms with Gasteiger partial charge >= 0.3 is 6.09 Å². The topological polar surface area (TPSA) is 102 Å². The molecule has 0 fully saturated rings. The molecule has 94 valence electrons. The number of carbonyl (C=O) groups excluding carboxylic acids is 1. The first-order chi connectivity index (χ1) is 8.63. The van der Waals surface area contributed by atoms with Gasteiger partial charge in [0.25, 0.3) is 5.91 Å². The monoisotopic (exact) mass is 247 g/mol. The molecule has 0 bridgehead atoms. The van der Waals surface area contributed by atoms with E-state index in [-0.39, 0.29) is 5.91 Å². The molecule has 1 rings (SSSR count). The highest BCUT2D eigenvalue weighted by Gasteiger charge is 2.04. The molecule has 0 atom stereocenters. The Morgan fingerprint density at radius 3 is 2.33 bits per heavy atom. The van der Waals surface area contributed by atoms with E-state index in [1.165, 1.54) is 0 Å². The fraction of sp³-hybridized carbons (Fsp3) is 0.250. The minimum atomic E-state index is -1.08. The Hall–Kier alpha value is -2.55. The lowest BCUT2D eigenvalue weighted by molar-refractivity contribution is 0.0953. The molecule has 1 aromatic carbocycles. The van der Waals surface area contributed by atoms with Crippen molar-refractivity contribution >= 4 is 12.0 Å². The molecule has 0 aliphatic carbocycles. The van der Waals surface area contributed by atoms with Crippen molar-refractivity contribution in [1.29, 1.82) is 5.26 Å². The average molecular weight is 247 g/mol. The van der Waals surface area contributed by atoms with E-state index in [0.29, 0.717) is 30.6 Å². The van der Waals surface area contributed by atoms with Gasteiger partial charge in [0.1, 0.15) is 0 Å². The number of carboxylic acid groups (broad SMARTS) is 1. The summed E-state index contributed by atoms with van der Waals surface area (Å²) >= 11 is 0. The minimum Gasteiger partial charge on any atom is -0.465 e. The van der Waals surface area contributed by atoms with Crippen LogP contribution in [0.4, 0.5) is 4.79 Å². The van der Waals surface area contributed by atoms with Crippen molar-refractivity contribution in [2.24, 2.45) is 0 Å². The first kappa shape index (κ1) is 13.5. The Labute approximate surface area is 104 Å². The molecular weight excluding hydrogens is 234 g/mol. The molecular formula is C12H13N3O3. The van der Waals surface area contributed by atoms with Crippen LogP contribution in [0.1, 0.15) is 22.3 Å². The number of amides is 2. The molecule has 0 unspecified atom stereocenters. The average Bonchev–Trinajstić information content (AvgIpc) is 2.38. The van der Waals surface area contributed by atoms with Gasteiger partial charge in [-0.05, 0) is 30.7 Å². The maximum atomic E-state index is 11.6. The lowest BCUT2D eigenvalue weighted by atomic mass is 10.1. The standard InChI is InChI=1S/C12H13N3O3/c13-8-9-2-4-10(5-3-9)11(16)14-6-1-7-15-12(17)18/h2-5,15H,1,6-7H2,(H,14,16)(H,17,18). The van der Waals surface area contributed by atoms with E-state index in [4.69, 9.17) is 10.4 Å². The molecule has 1 aromatic rings. The summed E-state index contributed by atoms with van der Waals surface area (Å²) in [4.78, 5) is 21.8. The van der Waals surface area contributed by atoms with E-state index in [1.54, 1.807) is 24.3 Å². The van der Waals surface area contributed by atoms with Crippen LogP contribution in [-0.4, -0.2) is 30.2 Å². The third-order valence-corrected chi connectivity index (χ3v) is 2.19. The maximum Gasteiger partial charge on any atom is 0.404 e. The fourth-order valence-corrected chi connectivity index (χ4v) is 1.28. The second kappa shape index (κ2) is 6.91. The highest BCUT2D eigenvalue weighted by Crippen LogP contribution is 2.02. The molecule has 0 saturated heterocycles. The van der Waals surface area contributed by atoms with E-state index >= 15 is 0 Å². The lowest BCUT2D eigenvalue weighted by Crippen LogP contribution is -2.29. The molecule has 0 aliphatic heterocycles.